The van der Waals surface area contributed by atoms with E-state index in [0.717, 1.165) is 16.7 Å². The first kappa shape index (κ1) is 21.1. The molecule has 1 rings (SSSR count). The van der Waals surface area contributed by atoms with Gasteiger partial charge in [0.2, 0.25) is 17.9 Å². The lowest BCUT2D eigenvalue weighted by Crippen LogP contribution is -2.22. The quantitative estimate of drug-likeness (QED) is 0.201. The van der Waals surface area contributed by atoms with E-state index in [-0.39, 0.29) is 17.9 Å². The van der Waals surface area contributed by atoms with E-state index in [1.807, 2.05) is 18.2 Å². The molecule has 0 saturated heterocycles. The van der Waals surface area contributed by atoms with E-state index in [2.05, 4.69) is 30.6 Å². The molecule has 0 bridgehead atoms. The van der Waals surface area contributed by atoms with Gasteiger partial charge in [-0.25, -0.2) is 0 Å². The molecule has 0 fully saturated rings. The van der Waals surface area contributed by atoms with Crippen molar-refractivity contribution in [1.29, 1.82) is 0 Å². The fraction of sp³-hybridized carbons (Fsp3) is 0.200. The van der Waals surface area contributed by atoms with Gasteiger partial charge in [0, 0.05) is 0 Å². The summed E-state index contributed by atoms with van der Waals surface area (Å²) in [6.07, 6.45) is 0. The minimum Gasteiger partial charge on any atom is -0.369 e. The molecule has 0 spiro atoms. The fourth-order valence-corrected chi connectivity index (χ4v) is 1.83. The second-order valence-corrected chi connectivity index (χ2v) is 5.43. The van der Waals surface area contributed by atoms with Crippen molar-refractivity contribution in [3.05, 3.63) is 34.9 Å². The average molecular weight is 372 g/mol. The maximum absolute atomic E-state index is 5.32. The van der Waals surface area contributed by atoms with Crippen LogP contribution in [0, 0.1) is 0 Å². The summed E-state index contributed by atoms with van der Waals surface area (Å²) >= 11 is 0. The number of hydrogen-bond donors (Lipinski definition) is 6. The van der Waals surface area contributed by atoms with Gasteiger partial charge in [0.15, 0.2) is 0 Å². The first-order valence-electron chi connectivity index (χ1n) is 7.66. The molecule has 0 unspecified atom stereocenters. The van der Waals surface area contributed by atoms with Crippen LogP contribution >= 0.6 is 0 Å². The molecule has 27 heavy (non-hydrogen) atoms. The Morgan fingerprint density at radius 1 is 0.481 bits per heavy atom. The topological polar surface area (TPSA) is 230 Å². The van der Waals surface area contributed by atoms with Crippen molar-refractivity contribution in [1.82, 2.24) is 0 Å². The molecule has 0 radical (unpaired) electrons. The Bertz CT molecular complexity index is 734. The van der Waals surface area contributed by atoms with E-state index in [0.29, 0.717) is 17.1 Å². The molecule has 12 heteroatoms. The first-order valence-corrected chi connectivity index (χ1v) is 7.66. The summed E-state index contributed by atoms with van der Waals surface area (Å²) in [6, 6.07) is 5.50. The summed E-state index contributed by atoms with van der Waals surface area (Å²) in [5, 5.41) is 22.9. The van der Waals surface area contributed by atoms with Gasteiger partial charge in [0.1, 0.15) is 0 Å². The van der Waals surface area contributed by atoms with Gasteiger partial charge in [0.25, 0.3) is 0 Å². The smallest absolute Gasteiger partial charge is 0.211 e. The molecule has 12 nitrogen and oxygen atoms in total. The molecule has 0 aliphatic heterocycles. The number of nitrogens with two attached hydrogens (primary N) is 6. The van der Waals surface area contributed by atoms with Crippen LogP contribution in [0.5, 0.6) is 0 Å². The Morgan fingerprint density at radius 3 is 0.889 bits per heavy atom. The summed E-state index contributed by atoms with van der Waals surface area (Å²) in [5.41, 5.74) is 35.8. The van der Waals surface area contributed by atoms with E-state index < -0.39 is 0 Å². The maximum atomic E-state index is 5.32. The third-order valence-corrected chi connectivity index (χ3v) is 3.13. The van der Waals surface area contributed by atoms with Gasteiger partial charge < -0.3 is 34.4 Å². The standard InChI is InChI=1S/C15H24N12/c1-7(22-25-13(16)17)10-4-11(8(2)23-26-14(18)19)6-12(5-10)9(3)24-27-15(20)21/h4-6H,1-3H3,(H4,16,17,25)(H4,18,19,26)(H4,20,21,27). The van der Waals surface area contributed by atoms with Crippen LogP contribution in [0.15, 0.2) is 48.8 Å². The average Bonchev–Trinajstić information content (AvgIpc) is 2.61. The number of nitrogens with zero attached hydrogens (tertiary/aromatic N) is 6. The van der Waals surface area contributed by atoms with Crippen LogP contribution in [0.3, 0.4) is 0 Å². The molecule has 0 atom stereocenters. The third kappa shape index (κ3) is 7.21. The molecule has 0 heterocycles. The largest absolute Gasteiger partial charge is 0.369 e. The Kier molecular flexibility index (Phi) is 7.42. The van der Waals surface area contributed by atoms with Gasteiger partial charge >= 0.3 is 0 Å². The van der Waals surface area contributed by atoms with Crippen molar-refractivity contribution in [2.45, 2.75) is 20.8 Å². The van der Waals surface area contributed by atoms with Gasteiger partial charge in [-0.2, -0.15) is 15.3 Å². The minimum absolute atomic E-state index is 0.151. The second-order valence-electron chi connectivity index (χ2n) is 5.43. The summed E-state index contributed by atoms with van der Waals surface area (Å²) in [5.74, 6) is -0.454. The van der Waals surface area contributed by atoms with Crippen LogP contribution in [0.2, 0.25) is 0 Å². The number of rotatable bonds is 6. The highest BCUT2D eigenvalue weighted by Crippen LogP contribution is 2.15. The second kappa shape index (κ2) is 9.50. The monoisotopic (exact) mass is 372 g/mol. The summed E-state index contributed by atoms with van der Waals surface area (Å²) in [7, 11) is 0. The molecule has 0 aliphatic rings. The molecule has 1 aromatic carbocycles. The van der Waals surface area contributed by atoms with Crippen molar-refractivity contribution in [2.24, 2.45) is 65.0 Å². The van der Waals surface area contributed by atoms with Gasteiger partial charge in [-0.05, 0) is 55.7 Å². The Balaban J connectivity index is 3.56. The summed E-state index contributed by atoms with van der Waals surface area (Å²) < 4.78 is 0. The predicted molar refractivity (Wildman–Crippen MR) is 111 cm³/mol. The van der Waals surface area contributed by atoms with Crippen molar-refractivity contribution in [3.63, 3.8) is 0 Å². The minimum atomic E-state index is -0.151. The molecule has 0 amide bonds. The molecule has 0 aliphatic carbocycles. The van der Waals surface area contributed by atoms with Crippen molar-refractivity contribution in [3.8, 4) is 0 Å². The number of guanidine groups is 3. The highest BCUT2D eigenvalue weighted by molar-refractivity contribution is 6.08. The van der Waals surface area contributed by atoms with Crippen LogP contribution in [-0.4, -0.2) is 35.0 Å². The van der Waals surface area contributed by atoms with Gasteiger partial charge in [-0.3, -0.25) is 0 Å². The van der Waals surface area contributed by atoms with Gasteiger partial charge in [0.05, 0.1) is 17.1 Å². The van der Waals surface area contributed by atoms with Crippen LogP contribution in [0.25, 0.3) is 0 Å². The van der Waals surface area contributed by atoms with Crippen LogP contribution in [-0.2, 0) is 0 Å². The highest BCUT2D eigenvalue weighted by Gasteiger charge is 2.09. The Hall–Kier alpha value is -3.96. The zero-order chi connectivity index (χ0) is 20.6. The van der Waals surface area contributed by atoms with Crippen LogP contribution in [0.4, 0.5) is 0 Å². The van der Waals surface area contributed by atoms with Crippen molar-refractivity contribution < 1.29 is 0 Å². The normalized spacial score (nSPS) is 12.3. The SMILES string of the molecule is CC(=NN=C(N)N)c1cc(C(C)=NN=C(N)N)cc(C(C)=NN=C(N)N)c1. The number of hydrogen-bond acceptors (Lipinski definition) is 6. The van der Waals surface area contributed by atoms with E-state index in [9.17, 15) is 0 Å². The molecule has 0 aromatic heterocycles. The molecular formula is C15H24N12. The lowest BCUT2D eigenvalue weighted by molar-refractivity contribution is 1.19. The zero-order valence-corrected chi connectivity index (χ0v) is 15.4. The van der Waals surface area contributed by atoms with Gasteiger partial charge in [-0.1, -0.05) is 0 Å². The van der Waals surface area contributed by atoms with Crippen molar-refractivity contribution in [2.75, 3.05) is 0 Å². The van der Waals surface area contributed by atoms with E-state index in [1.54, 1.807) is 20.8 Å². The summed E-state index contributed by atoms with van der Waals surface area (Å²) in [4.78, 5) is 0. The third-order valence-electron chi connectivity index (χ3n) is 3.13. The molecular weight excluding hydrogens is 348 g/mol. The molecule has 144 valence electrons. The highest BCUT2D eigenvalue weighted by atomic mass is 15.3. The predicted octanol–water partition coefficient (Wildman–Crippen LogP) is -1.32. The maximum Gasteiger partial charge on any atom is 0.211 e. The van der Waals surface area contributed by atoms with Crippen molar-refractivity contribution >= 4 is 35.0 Å². The lowest BCUT2D eigenvalue weighted by atomic mass is 9.98. The lowest BCUT2D eigenvalue weighted by Gasteiger charge is -2.09. The van der Waals surface area contributed by atoms with E-state index in [1.165, 1.54) is 0 Å². The molecule has 12 N–H and O–H groups in total. The Labute approximate surface area is 156 Å². The zero-order valence-electron chi connectivity index (χ0n) is 15.4. The summed E-state index contributed by atoms with van der Waals surface area (Å²) in [6.45, 7) is 5.25. The molecule has 1 aromatic rings. The first-order chi connectivity index (χ1) is 12.6. The number of benzene rings is 1. The van der Waals surface area contributed by atoms with Crippen LogP contribution < -0.4 is 34.4 Å². The van der Waals surface area contributed by atoms with Gasteiger partial charge in [-0.15, -0.1) is 15.3 Å². The Morgan fingerprint density at radius 2 is 0.704 bits per heavy atom. The van der Waals surface area contributed by atoms with Crippen LogP contribution in [0.1, 0.15) is 37.5 Å². The van der Waals surface area contributed by atoms with E-state index >= 15 is 0 Å². The van der Waals surface area contributed by atoms with E-state index in [4.69, 9.17) is 34.4 Å². The molecule has 0 saturated carbocycles. The fourth-order valence-electron chi connectivity index (χ4n) is 1.83.